The molecule has 0 saturated heterocycles. The SMILES string of the molecule is CC/C=C/C=C/C=C\CCCCCCCC(=O)OC(/C=C\CCCCCCCCCCC)C(COP(=O)([O-])OCC[N+](C)(C)C)NC(=O)CCCCCCCCC/C=C/CCCCCCCC. The first-order valence-corrected chi connectivity index (χ1v) is 29.1. The predicted molar refractivity (Wildman–Crippen MR) is 284 cm³/mol. The lowest BCUT2D eigenvalue weighted by molar-refractivity contribution is -0.870. The first kappa shape index (κ1) is 64.7. The zero-order valence-corrected chi connectivity index (χ0v) is 45.2. The molecule has 3 unspecified atom stereocenters. The Morgan fingerprint density at radius 2 is 0.970 bits per heavy atom. The third-order valence-corrected chi connectivity index (χ3v) is 13.0. The highest BCUT2D eigenvalue weighted by Gasteiger charge is 2.27. The van der Waals surface area contributed by atoms with E-state index < -0.39 is 26.6 Å². The fourth-order valence-electron chi connectivity index (χ4n) is 7.69. The molecule has 0 aliphatic carbocycles. The number of amides is 1. The first-order chi connectivity index (χ1) is 32.4. The molecule has 0 heterocycles. The lowest BCUT2D eigenvalue weighted by atomic mass is 10.1. The van der Waals surface area contributed by atoms with E-state index in [0.29, 0.717) is 23.9 Å². The van der Waals surface area contributed by atoms with E-state index in [-0.39, 0.29) is 24.9 Å². The summed E-state index contributed by atoms with van der Waals surface area (Å²) in [5.41, 5.74) is 0. The van der Waals surface area contributed by atoms with E-state index in [1.54, 1.807) is 0 Å². The molecule has 1 amide bonds. The molecule has 0 fully saturated rings. The molecule has 10 heteroatoms. The van der Waals surface area contributed by atoms with Gasteiger partial charge in [0, 0.05) is 12.8 Å². The van der Waals surface area contributed by atoms with Crippen LogP contribution in [-0.4, -0.2) is 69.4 Å². The fraction of sp³-hybridized carbons (Fsp3) is 0.789. The largest absolute Gasteiger partial charge is 0.756 e. The maximum Gasteiger partial charge on any atom is 0.306 e. The highest BCUT2D eigenvalue weighted by Crippen LogP contribution is 2.38. The van der Waals surface area contributed by atoms with Gasteiger partial charge < -0.3 is 28.5 Å². The molecular formula is C57H105N2O7P. The summed E-state index contributed by atoms with van der Waals surface area (Å²) in [6.07, 6.45) is 57.6. The molecule has 0 aliphatic rings. The number of allylic oxidation sites excluding steroid dienone is 9. The van der Waals surface area contributed by atoms with E-state index in [1.165, 1.54) is 109 Å². The number of rotatable bonds is 49. The lowest BCUT2D eigenvalue weighted by Crippen LogP contribution is -2.47. The van der Waals surface area contributed by atoms with E-state index in [4.69, 9.17) is 13.8 Å². The van der Waals surface area contributed by atoms with Crippen molar-refractivity contribution in [2.75, 3.05) is 40.9 Å². The van der Waals surface area contributed by atoms with Crippen LogP contribution in [-0.2, 0) is 27.9 Å². The lowest BCUT2D eigenvalue weighted by Gasteiger charge is -2.30. The van der Waals surface area contributed by atoms with Gasteiger partial charge in [0.2, 0.25) is 5.91 Å². The zero-order chi connectivity index (χ0) is 49.4. The third-order valence-electron chi connectivity index (χ3n) is 12.0. The van der Waals surface area contributed by atoms with Crippen LogP contribution in [0, 0.1) is 0 Å². The third kappa shape index (κ3) is 48.5. The number of carbonyl (C=O) groups is 2. The second-order valence-corrected chi connectivity index (χ2v) is 21.2. The van der Waals surface area contributed by atoms with Crippen molar-refractivity contribution in [2.24, 2.45) is 0 Å². The molecule has 3 atom stereocenters. The van der Waals surface area contributed by atoms with Crippen molar-refractivity contribution in [3.8, 4) is 0 Å². The molecule has 0 bridgehead atoms. The number of phosphoric ester groups is 1. The predicted octanol–water partition coefficient (Wildman–Crippen LogP) is 15.7. The molecule has 0 saturated carbocycles. The smallest absolute Gasteiger partial charge is 0.306 e. The Kier molecular flexibility index (Phi) is 45.8. The van der Waals surface area contributed by atoms with Gasteiger partial charge in [-0.2, -0.15) is 0 Å². The first-order valence-electron chi connectivity index (χ1n) is 27.6. The standard InChI is InChI=1S/C57H105N2O7P/c1-7-10-13-16-19-22-25-27-28-29-30-32-34-37-40-43-46-49-56(60)58-54(53-65-67(62,63)64-52-51-59(4,5)6)55(48-45-42-39-36-33-24-21-18-15-12-9-3)66-57(61)50-47-44-41-38-35-31-26-23-20-17-14-11-8-2/h11,14,17,20,23,26-28,45,48,54-55H,7-10,12-13,15-16,18-19,21-22,24-25,29-44,46-47,49-53H2,1-6H3,(H-,58,60,62,63)/b14-11+,20-17+,26-23-,28-27+,48-45-. The number of quaternary nitrogens is 1. The summed E-state index contributed by atoms with van der Waals surface area (Å²) in [6.45, 7) is 6.67. The van der Waals surface area contributed by atoms with Crippen molar-refractivity contribution >= 4 is 19.7 Å². The van der Waals surface area contributed by atoms with Gasteiger partial charge in [-0.1, -0.05) is 210 Å². The van der Waals surface area contributed by atoms with Gasteiger partial charge in [0.15, 0.2) is 0 Å². The van der Waals surface area contributed by atoms with Crippen LogP contribution < -0.4 is 10.2 Å². The van der Waals surface area contributed by atoms with Crippen molar-refractivity contribution in [3.63, 3.8) is 0 Å². The number of phosphoric acid groups is 1. The van der Waals surface area contributed by atoms with E-state index in [2.05, 4.69) is 68.6 Å². The molecular weight excluding hydrogens is 856 g/mol. The molecule has 0 aromatic rings. The normalized spacial score (nSPS) is 14.3. The van der Waals surface area contributed by atoms with Gasteiger partial charge in [0.05, 0.1) is 33.8 Å². The topological polar surface area (TPSA) is 114 Å². The molecule has 0 aromatic carbocycles. The molecule has 0 rings (SSSR count). The quantitative estimate of drug-likeness (QED) is 0.0161. The number of hydrogen-bond donors (Lipinski definition) is 1. The van der Waals surface area contributed by atoms with Crippen LogP contribution in [0.3, 0.4) is 0 Å². The van der Waals surface area contributed by atoms with E-state index in [1.807, 2.05) is 39.4 Å². The van der Waals surface area contributed by atoms with E-state index in [9.17, 15) is 19.0 Å². The summed E-state index contributed by atoms with van der Waals surface area (Å²) in [5, 5.41) is 3.01. The molecule has 1 N–H and O–H groups in total. The highest BCUT2D eigenvalue weighted by molar-refractivity contribution is 7.45. The molecule has 0 aromatic heterocycles. The molecule has 0 radical (unpaired) electrons. The summed E-state index contributed by atoms with van der Waals surface area (Å²) in [6, 6.07) is -0.898. The number of unbranched alkanes of at least 4 members (excludes halogenated alkanes) is 27. The number of ether oxygens (including phenoxy) is 1. The van der Waals surface area contributed by atoms with E-state index in [0.717, 1.165) is 89.9 Å². The van der Waals surface area contributed by atoms with Gasteiger partial charge in [-0.05, 0) is 76.7 Å². The van der Waals surface area contributed by atoms with Crippen molar-refractivity contribution in [3.05, 3.63) is 60.8 Å². The Balaban J connectivity index is 5.36. The molecule has 0 spiro atoms. The Bertz CT molecular complexity index is 1340. The highest BCUT2D eigenvalue weighted by atomic mass is 31.2. The van der Waals surface area contributed by atoms with Gasteiger partial charge in [0.1, 0.15) is 19.3 Å². The van der Waals surface area contributed by atoms with Crippen LogP contribution >= 0.6 is 7.82 Å². The summed E-state index contributed by atoms with van der Waals surface area (Å²) in [4.78, 5) is 39.7. The minimum atomic E-state index is -4.70. The maximum atomic E-state index is 13.5. The number of nitrogens with zero attached hydrogens (tertiary/aromatic N) is 1. The van der Waals surface area contributed by atoms with Gasteiger partial charge in [-0.3, -0.25) is 14.2 Å². The Hall–Kier alpha value is -2.29. The van der Waals surface area contributed by atoms with E-state index >= 15 is 0 Å². The molecule has 67 heavy (non-hydrogen) atoms. The Labute approximate surface area is 413 Å². The van der Waals surface area contributed by atoms with Gasteiger partial charge in [-0.25, -0.2) is 0 Å². The molecule has 0 aliphatic heterocycles. The van der Waals surface area contributed by atoms with Crippen molar-refractivity contribution in [1.82, 2.24) is 5.32 Å². The summed E-state index contributed by atoms with van der Waals surface area (Å²) < 4.78 is 30.1. The fourth-order valence-corrected chi connectivity index (χ4v) is 8.41. The second-order valence-electron chi connectivity index (χ2n) is 19.8. The Morgan fingerprint density at radius 1 is 0.537 bits per heavy atom. The Morgan fingerprint density at radius 3 is 1.46 bits per heavy atom. The van der Waals surface area contributed by atoms with Crippen molar-refractivity contribution < 1.29 is 37.3 Å². The van der Waals surface area contributed by atoms with Crippen LogP contribution in [0.4, 0.5) is 0 Å². The molecule has 390 valence electrons. The number of likely N-dealkylation sites (N-methyl/N-ethyl adjacent to an activating group) is 1. The zero-order valence-electron chi connectivity index (χ0n) is 44.3. The number of nitrogens with one attached hydrogen (secondary N) is 1. The second kappa shape index (κ2) is 47.4. The summed E-state index contributed by atoms with van der Waals surface area (Å²) in [7, 11) is 1.16. The molecule has 9 nitrogen and oxygen atoms in total. The minimum absolute atomic E-state index is 0.0281. The van der Waals surface area contributed by atoms with Crippen molar-refractivity contribution in [2.45, 2.75) is 251 Å². The van der Waals surface area contributed by atoms with Crippen LogP contribution in [0.5, 0.6) is 0 Å². The van der Waals surface area contributed by atoms with Crippen LogP contribution in [0.25, 0.3) is 0 Å². The van der Waals surface area contributed by atoms with Crippen LogP contribution in [0.1, 0.15) is 239 Å². The van der Waals surface area contributed by atoms with Crippen molar-refractivity contribution in [1.29, 1.82) is 0 Å². The summed E-state index contributed by atoms with van der Waals surface area (Å²) >= 11 is 0. The average Bonchev–Trinajstić information content (AvgIpc) is 3.28. The monoisotopic (exact) mass is 961 g/mol. The number of carbonyl (C=O) groups excluding carboxylic acids is 2. The number of esters is 1. The van der Waals surface area contributed by atoms with Crippen LogP contribution in [0.2, 0.25) is 0 Å². The minimum Gasteiger partial charge on any atom is -0.756 e. The average molecular weight is 961 g/mol. The van der Waals surface area contributed by atoms with Gasteiger partial charge >= 0.3 is 5.97 Å². The van der Waals surface area contributed by atoms with Gasteiger partial charge in [-0.15, -0.1) is 0 Å². The van der Waals surface area contributed by atoms with Gasteiger partial charge in [0.25, 0.3) is 7.82 Å². The summed E-state index contributed by atoms with van der Waals surface area (Å²) in [5.74, 6) is -0.571. The maximum absolute atomic E-state index is 13.5. The van der Waals surface area contributed by atoms with Crippen LogP contribution in [0.15, 0.2) is 60.8 Å². The number of hydrogen-bond acceptors (Lipinski definition) is 7.